The number of carbonyl (C=O) groups excluding carboxylic acids is 1. The summed E-state index contributed by atoms with van der Waals surface area (Å²) in [6.07, 6.45) is 5.35. The topological polar surface area (TPSA) is 69.0 Å². The number of pyridine rings is 1. The number of hydrogen-bond donors (Lipinski definition) is 2. The Kier molecular flexibility index (Phi) is 3.53. The van der Waals surface area contributed by atoms with Gasteiger partial charge in [-0.3, -0.25) is 9.59 Å². The number of carbonyl (C=O) groups is 1. The van der Waals surface area contributed by atoms with Crippen LogP contribution in [0, 0.1) is 12.8 Å². The summed E-state index contributed by atoms with van der Waals surface area (Å²) >= 11 is 6.17. The zero-order valence-electron chi connectivity index (χ0n) is 15.0. The Morgan fingerprint density at radius 2 is 2.15 bits per heavy atom. The van der Waals surface area contributed by atoms with Crippen molar-refractivity contribution in [2.75, 3.05) is 13.1 Å². The number of hydrogen-bond acceptors (Lipinski definition) is 2. The lowest BCUT2D eigenvalue weighted by Gasteiger charge is -2.32. The van der Waals surface area contributed by atoms with E-state index in [0.717, 1.165) is 35.5 Å². The van der Waals surface area contributed by atoms with Crippen molar-refractivity contribution in [3.63, 3.8) is 0 Å². The Hall–Kier alpha value is -2.53. The van der Waals surface area contributed by atoms with Gasteiger partial charge in [0, 0.05) is 35.9 Å². The van der Waals surface area contributed by atoms with Crippen LogP contribution in [0.25, 0.3) is 10.9 Å². The lowest BCUT2D eigenvalue weighted by atomic mass is 9.87. The van der Waals surface area contributed by atoms with Crippen molar-refractivity contribution >= 4 is 28.4 Å². The number of nitrogens with zero attached hydrogens (tertiary/aromatic N) is 1. The third kappa shape index (κ3) is 2.45. The highest BCUT2D eigenvalue weighted by molar-refractivity contribution is 6.30. The smallest absolute Gasteiger partial charge is 0.258 e. The van der Waals surface area contributed by atoms with Crippen molar-refractivity contribution in [1.29, 1.82) is 0 Å². The molecule has 27 heavy (non-hydrogen) atoms. The van der Waals surface area contributed by atoms with Gasteiger partial charge in [0.15, 0.2) is 0 Å². The molecule has 1 aliphatic heterocycles. The van der Waals surface area contributed by atoms with E-state index in [0.29, 0.717) is 23.4 Å². The van der Waals surface area contributed by atoms with Gasteiger partial charge in [-0.2, -0.15) is 0 Å². The second kappa shape index (κ2) is 5.73. The lowest BCUT2D eigenvalue weighted by molar-refractivity contribution is 0.0709. The molecule has 2 atom stereocenters. The molecule has 2 N–H and O–H groups in total. The molecule has 138 valence electrons. The number of aryl methyl sites for hydroxylation is 1. The van der Waals surface area contributed by atoms with Crippen LogP contribution in [0.2, 0.25) is 5.02 Å². The van der Waals surface area contributed by atoms with Gasteiger partial charge in [-0.15, -0.1) is 0 Å². The normalized spacial score (nSPS) is 24.1. The fraction of sp³-hybridized carbons (Fsp3) is 0.333. The maximum absolute atomic E-state index is 13.1. The number of amides is 1. The van der Waals surface area contributed by atoms with Gasteiger partial charge in [-0.1, -0.05) is 23.7 Å². The molecule has 1 aromatic carbocycles. The molecule has 1 saturated carbocycles. The summed E-state index contributed by atoms with van der Waals surface area (Å²) in [5, 5.41) is 1.22. The van der Waals surface area contributed by atoms with Crippen molar-refractivity contribution in [2.45, 2.75) is 25.2 Å². The lowest BCUT2D eigenvalue weighted by Crippen LogP contribution is -2.40. The number of aromatic amines is 2. The molecule has 1 amide bonds. The molecule has 6 heteroatoms. The first-order chi connectivity index (χ1) is 13.0. The first-order valence-corrected chi connectivity index (χ1v) is 9.62. The molecule has 2 fully saturated rings. The summed E-state index contributed by atoms with van der Waals surface area (Å²) in [6, 6.07) is 8.10. The molecule has 3 heterocycles. The van der Waals surface area contributed by atoms with Crippen LogP contribution in [0.15, 0.2) is 41.5 Å². The minimum absolute atomic E-state index is 0.0658. The highest BCUT2D eigenvalue weighted by atomic mass is 35.5. The van der Waals surface area contributed by atoms with Crippen LogP contribution in [0.3, 0.4) is 0 Å². The number of piperidine rings is 1. The zero-order valence-corrected chi connectivity index (χ0v) is 15.8. The monoisotopic (exact) mass is 381 g/mol. The molecular formula is C21H20ClN3O2. The molecular weight excluding hydrogens is 362 g/mol. The summed E-state index contributed by atoms with van der Waals surface area (Å²) < 4.78 is 0. The standard InChI is InChI=1S/C21H20ClN3O2/c1-12-9-24-19(26)17-16(10-23-18(12)17)20(27)25-6-5-21(8-14(21)11-25)13-3-2-4-15(22)7-13/h2-4,7,9-10,14,23H,5-6,8,11H2,1H3,(H,24,26). The molecule has 5 nitrogen and oxygen atoms in total. The van der Waals surface area contributed by atoms with E-state index in [-0.39, 0.29) is 16.9 Å². The Balaban J connectivity index is 1.42. The second-order valence-electron chi connectivity index (χ2n) is 7.82. The molecule has 3 aromatic rings. The van der Waals surface area contributed by atoms with E-state index in [1.54, 1.807) is 12.4 Å². The average Bonchev–Trinajstić information content (AvgIpc) is 3.24. The second-order valence-corrected chi connectivity index (χ2v) is 8.26. The maximum atomic E-state index is 13.1. The number of rotatable bonds is 2. The van der Waals surface area contributed by atoms with Crippen molar-refractivity contribution in [3.8, 4) is 0 Å². The van der Waals surface area contributed by atoms with Gasteiger partial charge in [0.1, 0.15) is 0 Å². The molecule has 2 aromatic heterocycles. The van der Waals surface area contributed by atoms with Gasteiger partial charge < -0.3 is 14.9 Å². The van der Waals surface area contributed by atoms with Gasteiger partial charge >= 0.3 is 0 Å². The summed E-state index contributed by atoms with van der Waals surface area (Å²) in [6.45, 7) is 3.33. The van der Waals surface area contributed by atoms with Crippen molar-refractivity contribution in [3.05, 3.63) is 68.7 Å². The van der Waals surface area contributed by atoms with Crippen molar-refractivity contribution < 1.29 is 4.79 Å². The van der Waals surface area contributed by atoms with E-state index in [1.807, 2.05) is 24.0 Å². The number of benzene rings is 1. The maximum Gasteiger partial charge on any atom is 0.258 e. The third-order valence-corrected chi connectivity index (χ3v) is 6.57. The number of halogens is 1. The fourth-order valence-electron chi connectivity index (χ4n) is 4.73. The largest absolute Gasteiger partial charge is 0.360 e. The van der Waals surface area contributed by atoms with E-state index in [2.05, 4.69) is 22.1 Å². The highest BCUT2D eigenvalue weighted by Crippen LogP contribution is 2.59. The van der Waals surface area contributed by atoms with Crippen LogP contribution in [-0.4, -0.2) is 33.9 Å². The number of fused-ring (bicyclic) bond motifs is 2. The molecule has 1 aliphatic carbocycles. The number of aromatic nitrogens is 2. The number of H-pyrrole nitrogens is 2. The van der Waals surface area contributed by atoms with Crippen LogP contribution in [0.1, 0.15) is 34.3 Å². The molecule has 0 bridgehead atoms. The van der Waals surface area contributed by atoms with Gasteiger partial charge in [0.2, 0.25) is 0 Å². The molecule has 0 spiro atoms. The SMILES string of the molecule is Cc1c[nH]c(=O)c2c(C(=O)N3CCC4(c5cccc(Cl)c5)CC4C3)c[nH]c12. The van der Waals surface area contributed by atoms with E-state index in [4.69, 9.17) is 11.6 Å². The van der Waals surface area contributed by atoms with Crippen LogP contribution < -0.4 is 5.56 Å². The van der Waals surface area contributed by atoms with Gasteiger partial charge in [0.05, 0.1) is 16.5 Å². The van der Waals surface area contributed by atoms with Crippen LogP contribution in [-0.2, 0) is 5.41 Å². The minimum atomic E-state index is -0.225. The molecule has 1 saturated heterocycles. The van der Waals surface area contributed by atoms with E-state index < -0.39 is 0 Å². The minimum Gasteiger partial charge on any atom is -0.360 e. The Morgan fingerprint density at radius 3 is 2.93 bits per heavy atom. The number of nitrogens with one attached hydrogen (secondary N) is 2. The quantitative estimate of drug-likeness (QED) is 0.711. The van der Waals surface area contributed by atoms with Gasteiger partial charge in [-0.05, 0) is 48.9 Å². The molecule has 5 rings (SSSR count). The fourth-order valence-corrected chi connectivity index (χ4v) is 4.92. The van der Waals surface area contributed by atoms with E-state index in [9.17, 15) is 9.59 Å². The number of likely N-dealkylation sites (tertiary alicyclic amines) is 1. The molecule has 2 unspecified atom stereocenters. The summed E-state index contributed by atoms with van der Waals surface area (Å²) in [7, 11) is 0. The van der Waals surface area contributed by atoms with E-state index >= 15 is 0 Å². The van der Waals surface area contributed by atoms with Crippen LogP contribution in [0.5, 0.6) is 0 Å². The first kappa shape index (κ1) is 16.6. The zero-order chi connectivity index (χ0) is 18.8. The molecule has 0 radical (unpaired) electrons. The molecule has 2 aliphatic rings. The highest BCUT2D eigenvalue weighted by Gasteiger charge is 2.58. The average molecular weight is 382 g/mol. The van der Waals surface area contributed by atoms with Gasteiger partial charge in [0.25, 0.3) is 11.5 Å². The first-order valence-electron chi connectivity index (χ1n) is 9.24. The summed E-state index contributed by atoms with van der Waals surface area (Å²) in [5.74, 6) is 0.392. The predicted octanol–water partition coefficient (Wildman–Crippen LogP) is 3.62. The Labute approximate surface area is 161 Å². The van der Waals surface area contributed by atoms with Crippen LogP contribution in [0.4, 0.5) is 0 Å². The third-order valence-electron chi connectivity index (χ3n) is 6.34. The van der Waals surface area contributed by atoms with E-state index in [1.165, 1.54) is 5.56 Å². The Morgan fingerprint density at radius 1 is 1.30 bits per heavy atom. The van der Waals surface area contributed by atoms with Crippen molar-refractivity contribution in [2.24, 2.45) is 5.92 Å². The van der Waals surface area contributed by atoms with Gasteiger partial charge in [-0.25, -0.2) is 0 Å². The Bertz CT molecular complexity index is 1130. The van der Waals surface area contributed by atoms with Crippen molar-refractivity contribution in [1.82, 2.24) is 14.9 Å². The summed E-state index contributed by atoms with van der Waals surface area (Å²) in [5.41, 5.74) is 3.34. The predicted molar refractivity (Wildman–Crippen MR) is 105 cm³/mol. The summed E-state index contributed by atoms with van der Waals surface area (Å²) in [4.78, 5) is 33.1. The van der Waals surface area contributed by atoms with Crippen LogP contribution >= 0.6 is 11.6 Å².